The van der Waals surface area contributed by atoms with Crippen molar-refractivity contribution in [2.45, 2.75) is 25.0 Å². The zero-order valence-corrected chi connectivity index (χ0v) is 13.6. The molecule has 0 aliphatic heterocycles. The minimum atomic E-state index is -1.00. The quantitative estimate of drug-likeness (QED) is 0.670. The molecule has 2 amide bonds. The van der Waals surface area contributed by atoms with E-state index in [1.165, 1.54) is 0 Å². The number of urea groups is 1. The van der Waals surface area contributed by atoms with Gasteiger partial charge in [-0.1, -0.05) is 24.3 Å². The normalized spacial score (nSPS) is 18.9. The Bertz CT molecular complexity index is 922. The van der Waals surface area contributed by atoms with Gasteiger partial charge in [0.15, 0.2) is 5.65 Å². The van der Waals surface area contributed by atoms with Crippen molar-refractivity contribution in [1.29, 1.82) is 0 Å². The molecule has 25 heavy (non-hydrogen) atoms. The molecule has 2 aromatic heterocycles. The summed E-state index contributed by atoms with van der Waals surface area (Å²) in [5, 5.41) is 20.6. The molecule has 1 atom stereocenters. The first kappa shape index (κ1) is 15.6. The highest BCUT2D eigenvalue weighted by molar-refractivity contribution is 5.74. The molecule has 4 rings (SSSR count). The lowest BCUT2D eigenvalue weighted by atomic mass is 9.96. The SMILES string of the molecule is O=C(NCc1ccnc2ccnn12)NCC1(O)CCc2ccccc21. The number of aromatic nitrogens is 3. The molecule has 0 fully saturated rings. The molecule has 1 aromatic carbocycles. The molecule has 0 radical (unpaired) electrons. The van der Waals surface area contributed by atoms with Crippen LogP contribution in [0.3, 0.4) is 0 Å². The van der Waals surface area contributed by atoms with Crippen LogP contribution in [0.5, 0.6) is 0 Å². The van der Waals surface area contributed by atoms with Gasteiger partial charge in [-0.3, -0.25) is 0 Å². The summed E-state index contributed by atoms with van der Waals surface area (Å²) in [5.41, 5.74) is 2.61. The second kappa shape index (κ2) is 6.18. The number of carbonyl (C=O) groups excluding carboxylic acids is 1. The molecule has 0 saturated heterocycles. The number of benzene rings is 1. The molecule has 128 valence electrons. The van der Waals surface area contributed by atoms with E-state index in [1.54, 1.807) is 29.0 Å². The number of fused-ring (bicyclic) bond motifs is 2. The van der Waals surface area contributed by atoms with Crippen molar-refractivity contribution in [2.75, 3.05) is 6.54 Å². The fourth-order valence-electron chi connectivity index (χ4n) is 3.33. The molecule has 0 spiro atoms. The maximum absolute atomic E-state index is 12.1. The summed E-state index contributed by atoms with van der Waals surface area (Å²) in [5.74, 6) is 0. The third kappa shape index (κ3) is 2.94. The van der Waals surface area contributed by atoms with Crippen molar-refractivity contribution in [3.63, 3.8) is 0 Å². The van der Waals surface area contributed by atoms with Gasteiger partial charge in [-0.15, -0.1) is 0 Å². The number of aliphatic hydroxyl groups is 1. The predicted octanol–water partition coefficient (Wildman–Crippen LogP) is 1.36. The third-order valence-electron chi connectivity index (χ3n) is 4.67. The molecule has 1 unspecified atom stereocenters. The van der Waals surface area contributed by atoms with E-state index in [9.17, 15) is 9.90 Å². The fraction of sp³-hybridized carbons (Fsp3) is 0.278. The van der Waals surface area contributed by atoms with E-state index in [1.807, 2.05) is 24.3 Å². The van der Waals surface area contributed by atoms with Crippen LogP contribution >= 0.6 is 0 Å². The lowest BCUT2D eigenvalue weighted by Crippen LogP contribution is -2.43. The second-order valence-corrected chi connectivity index (χ2v) is 6.26. The topological polar surface area (TPSA) is 91.6 Å². The summed E-state index contributed by atoms with van der Waals surface area (Å²) >= 11 is 0. The van der Waals surface area contributed by atoms with Crippen LogP contribution in [0.4, 0.5) is 4.79 Å². The Balaban J connectivity index is 1.36. The average molecular weight is 337 g/mol. The van der Waals surface area contributed by atoms with Gasteiger partial charge in [0.05, 0.1) is 25.0 Å². The number of rotatable bonds is 4. The van der Waals surface area contributed by atoms with E-state index in [4.69, 9.17) is 0 Å². The Morgan fingerprint density at radius 3 is 3.00 bits per heavy atom. The maximum Gasteiger partial charge on any atom is 0.315 e. The molecular weight excluding hydrogens is 318 g/mol. The molecule has 3 N–H and O–H groups in total. The fourth-order valence-corrected chi connectivity index (χ4v) is 3.33. The van der Waals surface area contributed by atoms with Gasteiger partial charge in [0.25, 0.3) is 0 Å². The first-order valence-corrected chi connectivity index (χ1v) is 8.26. The Hall–Kier alpha value is -2.93. The summed E-state index contributed by atoms with van der Waals surface area (Å²) in [7, 11) is 0. The maximum atomic E-state index is 12.1. The molecule has 0 bridgehead atoms. The first-order chi connectivity index (χ1) is 12.2. The van der Waals surface area contributed by atoms with E-state index in [0.717, 1.165) is 28.9 Å². The van der Waals surface area contributed by atoms with Crippen LogP contribution < -0.4 is 10.6 Å². The number of amides is 2. The first-order valence-electron chi connectivity index (χ1n) is 8.26. The Morgan fingerprint density at radius 1 is 1.20 bits per heavy atom. The number of aryl methyl sites for hydroxylation is 1. The van der Waals surface area contributed by atoms with Crippen molar-refractivity contribution >= 4 is 11.7 Å². The molecular formula is C18H19N5O2. The number of hydrogen-bond donors (Lipinski definition) is 3. The average Bonchev–Trinajstić information content (AvgIpc) is 3.24. The molecule has 7 nitrogen and oxygen atoms in total. The lowest BCUT2D eigenvalue weighted by Gasteiger charge is -2.24. The van der Waals surface area contributed by atoms with Gasteiger partial charge in [-0.25, -0.2) is 14.3 Å². The number of hydrogen-bond acceptors (Lipinski definition) is 4. The van der Waals surface area contributed by atoms with E-state index in [2.05, 4.69) is 20.7 Å². The van der Waals surface area contributed by atoms with Crippen LogP contribution in [0.25, 0.3) is 5.65 Å². The Labute approximate surface area is 144 Å². The van der Waals surface area contributed by atoms with E-state index >= 15 is 0 Å². The van der Waals surface area contributed by atoms with Crippen LogP contribution in [-0.4, -0.2) is 32.3 Å². The van der Waals surface area contributed by atoms with Crippen molar-refractivity contribution in [3.8, 4) is 0 Å². The molecule has 0 saturated carbocycles. The summed E-state index contributed by atoms with van der Waals surface area (Å²) < 4.78 is 1.68. The number of nitrogens with zero attached hydrogens (tertiary/aromatic N) is 3. The van der Waals surface area contributed by atoms with Crippen molar-refractivity contribution in [3.05, 3.63) is 65.6 Å². The van der Waals surface area contributed by atoms with Gasteiger partial charge in [-0.2, -0.15) is 5.10 Å². The number of nitrogens with one attached hydrogen (secondary N) is 2. The minimum absolute atomic E-state index is 0.184. The molecule has 1 aliphatic carbocycles. The van der Waals surface area contributed by atoms with Crippen molar-refractivity contribution < 1.29 is 9.90 Å². The Morgan fingerprint density at radius 2 is 2.08 bits per heavy atom. The minimum Gasteiger partial charge on any atom is -0.383 e. The van der Waals surface area contributed by atoms with Crippen LogP contribution in [0.2, 0.25) is 0 Å². The number of carbonyl (C=O) groups is 1. The van der Waals surface area contributed by atoms with E-state index in [0.29, 0.717) is 13.0 Å². The lowest BCUT2D eigenvalue weighted by molar-refractivity contribution is 0.0412. The monoisotopic (exact) mass is 337 g/mol. The summed E-state index contributed by atoms with van der Waals surface area (Å²) in [6.07, 6.45) is 4.79. The zero-order chi connectivity index (χ0) is 17.3. The molecule has 1 aliphatic rings. The summed E-state index contributed by atoms with van der Waals surface area (Å²) in [4.78, 5) is 16.3. The highest BCUT2D eigenvalue weighted by atomic mass is 16.3. The molecule has 2 heterocycles. The Kier molecular flexibility index (Phi) is 3.85. The van der Waals surface area contributed by atoms with Crippen LogP contribution in [0, 0.1) is 0 Å². The van der Waals surface area contributed by atoms with Gasteiger partial charge >= 0.3 is 6.03 Å². The summed E-state index contributed by atoms with van der Waals surface area (Å²) in [6, 6.07) is 11.1. The molecule has 3 aromatic rings. The largest absolute Gasteiger partial charge is 0.383 e. The summed E-state index contributed by atoms with van der Waals surface area (Å²) in [6.45, 7) is 0.505. The molecule has 7 heteroatoms. The van der Waals surface area contributed by atoms with Gasteiger partial charge in [0, 0.05) is 12.3 Å². The zero-order valence-electron chi connectivity index (χ0n) is 13.6. The highest BCUT2D eigenvalue weighted by Gasteiger charge is 2.36. The van der Waals surface area contributed by atoms with Crippen LogP contribution in [0.15, 0.2) is 48.8 Å². The predicted molar refractivity (Wildman–Crippen MR) is 91.9 cm³/mol. The second-order valence-electron chi connectivity index (χ2n) is 6.26. The smallest absolute Gasteiger partial charge is 0.315 e. The third-order valence-corrected chi connectivity index (χ3v) is 4.67. The van der Waals surface area contributed by atoms with E-state index in [-0.39, 0.29) is 12.6 Å². The van der Waals surface area contributed by atoms with Crippen molar-refractivity contribution in [2.24, 2.45) is 0 Å². The van der Waals surface area contributed by atoms with Gasteiger partial charge < -0.3 is 15.7 Å². The highest BCUT2D eigenvalue weighted by Crippen LogP contribution is 2.36. The van der Waals surface area contributed by atoms with Crippen LogP contribution in [-0.2, 0) is 18.6 Å². The van der Waals surface area contributed by atoms with E-state index < -0.39 is 5.60 Å². The van der Waals surface area contributed by atoms with Gasteiger partial charge in [0.2, 0.25) is 0 Å². The van der Waals surface area contributed by atoms with Crippen molar-refractivity contribution in [1.82, 2.24) is 25.2 Å². The van der Waals surface area contributed by atoms with Gasteiger partial charge in [0.1, 0.15) is 5.60 Å². The van der Waals surface area contributed by atoms with Crippen LogP contribution in [0.1, 0.15) is 23.2 Å². The standard InChI is InChI=1S/C18H19N5O2/c24-17(20-11-14-6-9-19-16-7-10-22-23(14)16)21-12-18(25)8-5-13-3-1-2-4-15(13)18/h1-4,6-7,9-10,25H,5,8,11-12H2,(H2,20,21,24). The van der Waals surface area contributed by atoms with Gasteiger partial charge in [-0.05, 0) is 30.0 Å².